The molecule has 0 atom stereocenters. The number of carbonyl (C=O) groups is 2. The number of nitrogens with one attached hydrogen (secondary N) is 1. The van der Waals surface area contributed by atoms with Crippen molar-refractivity contribution in [2.75, 3.05) is 18.7 Å². The molecule has 1 aliphatic heterocycles. The Bertz CT molecular complexity index is 1140. The molecule has 0 bridgehead atoms. The van der Waals surface area contributed by atoms with E-state index in [2.05, 4.69) is 15.3 Å². The Hall–Kier alpha value is -3.68. The van der Waals surface area contributed by atoms with Gasteiger partial charge in [0.1, 0.15) is 5.56 Å². The van der Waals surface area contributed by atoms with Gasteiger partial charge in [-0.2, -0.15) is 0 Å². The molecule has 1 aromatic carbocycles. The monoisotopic (exact) mass is 393 g/mol. The second kappa shape index (κ2) is 7.38. The summed E-state index contributed by atoms with van der Waals surface area (Å²) in [5.41, 5.74) is 2.88. The van der Waals surface area contributed by atoms with E-state index in [1.54, 1.807) is 19.1 Å². The van der Waals surface area contributed by atoms with Crippen LogP contribution in [0.1, 0.15) is 40.3 Å². The fourth-order valence-corrected chi connectivity index (χ4v) is 3.14. The van der Waals surface area contributed by atoms with Crippen molar-refractivity contribution in [3.05, 3.63) is 47.3 Å². The zero-order chi connectivity index (χ0) is 20.5. The third-order valence-electron chi connectivity index (χ3n) is 4.52. The van der Waals surface area contributed by atoms with Crippen molar-refractivity contribution in [2.24, 2.45) is 0 Å². The summed E-state index contributed by atoms with van der Waals surface area (Å²) in [4.78, 5) is 33.5. The number of anilines is 2. The molecule has 0 unspecified atom stereocenters. The summed E-state index contributed by atoms with van der Waals surface area (Å²) in [5.74, 6) is 0.344. The van der Waals surface area contributed by atoms with Crippen LogP contribution in [0.5, 0.6) is 11.5 Å². The Balaban J connectivity index is 1.90. The normalized spacial score (nSPS) is 12.1. The number of ketones is 1. The highest BCUT2D eigenvalue weighted by Crippen LogP contribution is 2.39. The number of rotatable bonds is 5. The summed E-state index contributed by atoms with van der Waals surface area (Å²) in [6.07, 6.45) is 1.43. The van der Waals surface area contributed by atoms with Crippen LogP contribution in [0, 0.1) is 6.92 Å². The Labute approximate surface area is 166 Å². The van der Waals surface area contributed by atoms with Crippen molar-refractivity contribution < 1.29 is 23.8 Å². The van der Waals surface area contributed by atoms with E-state index in [4.69, 9.17) is 14.2 Å². The van der Waals surface area contributed by atoms with Gasteiger partial charge >= 0.3 is 5.97 Å². The first-order chi connectivity index (χ1) is 14.0. The van der Waals surface area contributed by atoms with Crippen LogP contribution in [-0.4, -0.2) is 35.1 Å². The van der Waals surface area contributed by atoms with Crippen LogP contribution in [0.15, 0.2) is 30.5 Å². The van der Waals surface area contributed by atoms with Crippen molar-refractivity contribution in [1.82, 2.24) is 9.97 Å². The second-order valence-corrected chi connectivity index (χ2v) is 6.52. The van der Waals surface area contributed by atoms with Gasteiger partial charge in [0.2, 0.25) is 6.79 Å². The molecule has 8 heteroatoms. The summed E-state index contributed by atoms with van der Waals surface area (Å²) in [5, 5.41) is 3.85. The van der Waals surface area contributed by atoms with E-state index in [1.165, 1.54) is 13.1 Å². The number of aryl methyl sites for hydroxylation is 1. The molecule has 148 valence electrons. The second-order valence-electron chi connectivity index (χ2n) is 6.52. The predicted molar refractivity (Wildman–Crippen MR) is 106 cm³/mol. The fourth-order valence-electron chi connectivity index (χ4n) is 3.14. The maximum atomic E-state index is 12.5. The Kier molecular flexibility index (Phi) is 4.75. The molecule has 3 aromatic rings. The zero-order valence-electron chi connectivity index (χ0n) is 16.2. The molecular formula is C21H19N3O5. The molecule has 0 spiro atoms. The lowest BCUT2D eigenvalue weighted by Gasteiger charge is -2.16. The molecule has 3 heterocycles. The average molecular weight is 393 g/mol. The summed E-state index contributed by atoms with van der Waals surface area (Å²) in [6.45, 7) is 5.37. The minimum atomic E-state index is -0.518. The number of esters is 1. The first kappa shape index (κ1) is 18.7. The molecule has 0 saturated carbocycles. The van der Waals surface area contributed by atoms with Crippen LogP contribution in [0.3, 0.4) is 0 Å². The molecule has 0 fully saturated rings. The Morgan fingerprint density at radius 3 is 2.66 bits per heavy atom. The lowest BCUT2D eigenvalue weighted by molar-refractivity contribution is 0.0527. The maximum absolute atomic E-state index is 12.5. The van der Waals surface area contributed by atoms with Gasteiger partial charge in [0.15, 0.2) is 22.9 Å². The lowest BCUT2D eigenvalue weighted by Crippen LogP contribution is -2.11. The van der Waals surface area contributed by atoms with Crippen molar-refractivity contribution in [2.45, 2.75) is 20.8 Å². The lowest BCUT2D eigenvalue weighted by atomic mass is 10.1. The molecule has 0 amide bonds. The molecule has 2 aromatic heterocycles. The molecule has 1 N–H and O–H groups in total. The van der Waals surface area contributed by atoms with E-state index in [9.17, 15) is 9.59 Å². The molecule has 0 radical (unpaired) electrons. The summed E-state index contributed by atoms with van der Waals surface area (Å²) < 4.78 is 16.0. The number of nitrogens with zero attached hydrogens (tertiary/aromatic N) is 2. The van der Waals surface area contributed by atoms with Gasteiger partial charge in [0.25, 0.3) is 0 Å². The van der Waals surface area contributed by atoms with Gasteiger partial charge in [0, 0.05) is 28.9 Å². The first-order valence-electron chi connectivity index (χ1n) is 9.13. The van der Waals surface area contributed by atoms with E-state index >= 15 is 0 Å². The Morgan fingerprint density at radius 2 is 1.93 bits per heavy atom. The smallest absolute Gasteiger partial charge is 0.341 e. The number of fused-ring (bicyclic) bond motifs is 2. The first-order valence-corrected chi connectivity index (χ1v) is 9.13. The highest BCUT2D eigenvalue weighted by Gasteiger charge is 2.23. The van der Waals surface area contributed by atoms with Crippen molar-refractivity contribution in [3.8, 4) is 11.5 Å². The van der Waals surface area contributed by atoms with Crippen molar-refractivity contribution in [1.29, 1.82) is 0 Å². The number of Topliss-reactive ketones (excluding diaryl/α,β-unsaturated/α-hetero) is 1. The van der Waals surface area contributed by atoms with Gasteiger partial charge in [-0.15, -0.1) is 0 Å². The largest absolute Gasteiger partial charge is 0.462 e. The Morgan fingerprint density at radius 1 is 1.17 bits per heavy atom. The SMILES string of the molecule is CCOC(=O)c1cnc2nc(C)ccc2c1Nc1cc2c(cc1C(C)=O)OCO2. The molecule has 0 aliphatic carbocycles. The van der Waals surface area contributed by atoms with Gasteiger partial charge < -0.3 is 19.5 Å². The topological polar surface area (TPSA) is 99.6 Å². The third kappa shape index (κ3) is 3.44. The van der Waals surface area contributed by atoms with Crippen molar-refractivity contribution in [3.63, 3.8) is 0 Å². The molecule has 0 saturated heterocycles. The summed E-state index contributed by atoms with van der Waals surface area (Å²) in [7, 11) is 0. The molecule has 8 nitrogen and oxygen atoms in total. The van der Waals surface area contributed by atoms with E-state index in [-0.39, 0.29) is 24.7 Å². The standard InChI is InChI=1S/C21H19N3O5/c1-4-27-21(26)15-9-22-20-13(6-5-11(2)23-20)19(15)24-16-8-18-17(28-10-29-18)7-14(16)12(3)25/h5-9H,4,10H2,1-3H3,(H,22,23,24). The van der Waals surface area contributed by atoms with Gasteiger partial charge in [-0.3, -0.25) is 4.79 Å². The average Bonchev–Trinajstić information content (AvgIpc) is 3.14. The van der Waals surface area contributed by atoms with E-state index in [0.717, 1.165) is 5.69 Å². The van der Waals surface area contributed by atoms with Crippen LogP contribution < -0.4 is 14.8 Å². The van der Waals surface area contributed by atoms with Gasteiger partial charge in [0.05, 0.1) is 18.0 Å². The highest BCUT2D eigenvalue weighted by atomic mass is 16.7. The van der Waals surface area contributed by atoms with Crippen molar-refractivity contribution >= 4 is 34.2 Å². The van der Waals surface area contributed by atoms with Crippen LogP contribution in [0.4, 0.5) is 11.4 Å². The summed E-state index contributed by atoms with van der Waals surface area (Å²) in [6, 6.07) is 6.97. The summed E-state index contributed by atoms with van der Waals surface area (Å²) >= 11 is 0. The quantitative estimate of drug-likeness (QED) is 0.516. The van der Waals surface area contributed by atoms with E-state index < -0.39 is 5.97 Å². The number of aromatic nitrogens is 2. The van der Waals surface area contributed by atoms with Crippen LogP contribution in [0.2, 0.25) is 0 Å². The van der Waals surface area contributed by atoms with Crippen LogP contribution >= 0.6 is 0 Å². The molecule has 1 aliphatic rings. The minimum absolute atomic E-state index is 0.0889. The van der Waals surface area contributed by atoms with Crippen LogP contribution in [-0.2, 0) is 4.74 Å². The third-order valence-corrected chi connectivity index (χ3v) is 4.52. The molecule has 29 heavy (non-hydrogen) atoms. The van der Waals surface area contributed by atoms with Gasteiger partial charge in [-0.1, -0.05) is 0 Å². The molecular weight excluding hydrogens is 374 g/mol. The zero-order valence-corrected chi connectivity index (χ0v) is 16.2. The fraction of sp³-hybridized carbons (Fsp3) is 0.238. The van der Waals surface area contributed by atoms with Gasteiger partial charge in [-0.05, 0) is 39.0 Å². The molecule has 4 rings (SSSR count). The number of hydrogen-bond acceptors (Lipinski definition) is 8. The maximum Gasteiger partial charge on any atom is 0.341 e. The number of carbonyl (C=O) groups excluding carboxylic acids is 2. The number of pyridine rings is 2. The number of benzene rings is 1. The van der Waals surface area contributed by atoms with Gasteiger partial charge in [-0.25, -0.2) is 14.8 Å². The highest BCUT2D eigenvalue weighted by molar-refractivity contribution is 6.07. The minimum Gasteiger partial charge on any atom is -0.462 e. The van der Waals surface area contributed by atoms with E-state index in [1.807, 2.05) is 19.1 Å². The number of ether oxygens (including phenoxy) is 3. The van der Waals surface area contributed by atoms with Crippen LogP contribution in [0.25, 0.3) is 11.0 Å². The van der Waals surface area contributed by atoms with E-state index in [0.29, 0.717) is 39.5 Å². The predicted octanol–water partition coefficient (Wildman–Crippen LogP) is 3.79. The number of hydrogen-bond donors (Lipinski definition) is 1.